The number of rotatable bonds is 10. The molecule has 0 saturated heterocycles. The van der Waals surface area contributed by atoms with Crippen LogP contribution in [0.5, 0.6) is 11.5 Å². The van der Waals surface area contributed by atoms with Crippen LogP contribution >= 0.6 is 0 Å². The van der Waals surface area contributed by atoms with E-state index in [0.29, 0.717) is 30.0 Å². The van der Waals surface area contributed by atoms with Crippen LogP contribution in [-0.4, -0.2) is 57.3 Å². The molecular weight excluding hydrogens is 465 g/mol. The minimum absolute atomic E-state index is 0.00744. The normalized spacial score (nSPS) is 13.3. The van der Waals surface area contributed by atoms with Gasteiger partial charge in [0.15, 0.2) is 11.5 Å². The maximum Gasteiger partial charge on any atom is 0.244 e. The third kappa shape index (κ3) is 5.96. The minimum atomic E-state index is -3.87. The average molecular weight is 494 g/mol. The Morgan fingerprint density at radius 1 is 1.09 bits per heavy atom. The SMILES string of the molecule is CCNC(=O)C(CC)N(Cc1ccc(F)cc1)C(=O)CN(c1ccc2c(c1)OCO2)S(C)(=O)=O. The summed E-state index contributed by atoms with van der Waals surface area (Å²) in [4.78, 5) is 27.5. The lowest BCUT2D eigenvalue weighted by Gasteiger charge is -2.32. The highest BCUT2D eigenvalue weighted by Crippen LogP contribution is 2.36. The molecular formula is C23H28FN3O6S. The first-order valence-electron chi connectivity index (χ1n) is 10.8. The molecule has 0 saturated carbocycles. The molecule has 0 bridgehead atoms. The van der Waals surface area contributed by atoms with Crippen molar-refractivity contribution in [1.82, 2.24) is 10.2 Å². The summed E-state index contributed by atoms with van der Waals surface area (Å²) in [5.74, 6) is -0.511. The maximum absolute atomic E-state index is 13.5. The molecule has 1 heterocycles. The first-order chi connectivity index (χ1) is 16.1. The van der Waals surface area contributed by atoms with Crippen LogP contribution in [0.3, 0.4) is 0 Å². The largest absolute Gasteiger partial charge is 0.454 e. The molecule has 1 unspecified atom stereocenters. The number of nitrogens with one attached hydrogen (secondary N) is 1. The Bertz CT molecular complexity index is 1140. The lowest BCUT2D eigenvalue weighted by atomic mass is 10.1. The fourth-order valence-electron chi connectivity index (χ4n) is 3.65. The number of anilines is 1. The smallest absolute Gasteiger partial charge is 0.244 e. The molecule has 2 aromatic carbocycles. The first-order valence-corrected chi connectivity index (χ1v) is 12.7. The van der Waals surface area contributed by atoms with E-state index in [4.69, 9.17) is 9.47 Å². The molecule has 0 aromatic heterocycles. The van der Waals surface area contributed by atoms with Crippen LogP contribution in [0.2, 0.25) is 0 Å². The Balaban J connectivity index is 1.93. The molecule has 0 spiro atoms. The molecule has 184 valence electrons. The van der Waals surface area contributed by atoms with E-state index in [1.807, 2.05) is 0 Å². The summed E-state index contributed by atoms with van der Waals surface area (Å²) in [5.41, 5.74) is 0.833. The van der Waals surface area contributed by atoms with Crippen LogP contribution in [0.4, 0.5) is 10.1 Å². The monoisotopic (exact) mass is 493 g/mol. The summed E-state index contributed by atoms with van der Waals surface area (Å²) in [6.07, 6.45) is 1.30. The molecule has 2 amide bonds. The van der Waals surface area contributed by atoms with Crippen LogP contribution in [0.15, 0.2) is 42.5 Å². The van der Waals surface area contributed by atoms with Crippen molar-refractivity contribution >= 4 is 27.5 Å². The van der Waals surface area contributed by atoms with Crippen molar-refractivity contribution in [3.8, 4) is 11.5 Å². The molecule has 34 heavy (non-hydrogen) atoms. The minimum Gasteiger partial charge on any atom is -0.454 e. The summed E-state index contributed by atoms with van der Waals surface area (Å²) < 4.78 is 50.2. The molecule has 2 aromatic rings. The highest BCUT2D eigenvalue weighted by molar-refractivity contribution is 7.92. The zero-order valence-electron chi connectivity index (χ0n) is 19.3. The predicted molar refractivity (Wildman–Crippen MR) is 124 cm³/mol. The second kappa shape index (κ2) is 10.7. The number of sulfonamides is 1. The van der Waals surface area contributed by atoms with E-state index >= 15 is 0 Å². The van der Waals surface area contributed by atoms with E-state index in [1.165, 1.54) is 41.3 Å². The first kappa shape index (κ1) is 25.3. The number of halogens is 1. The van der Waals surface area contributed by atoms with Crippen LogP contribution in [0, 0.1) is 5.82 Å². The van der Waals surface area contributed by atoms with E-state index in [2.05, 4.69) is 5.32 Å². The Morgan fingerprint density at radius 2 is 1.76 bits per heavy atom. The predicted octanol–water partition coefficient (Wildman–Crippen LogP) is 2.26. The molecule has 0 aliphatic carbocycles. The fraction of sp³-hybridized carbons (Fsp3) is 0.391. The second-order valence-corrected chi connectivity index (χ2v) is 9.68. The van der Waals surface area contributed by atoms with Crippen molar-refractivity contribution in [1.29, 1.82) is 0 Å². The van der Waals surface area contributed by atoms with Crippen LogP contribution in [0.1, 0.15) is 25.8 Å². The molecule has 0 fully saturated rings. The molecule has 1 aliphatic heterocycles. The molecule has 1 N–H and O–H groups in total. The van der Waals surface area contributed by atoms with Crippen molar-refractivity contribution in [2.24, 2.45) is 0 Å². The number of nitrogens with zero attached hydrogens (tertiary/aromatic N) is 2. The van der Waals surface area contributed by atoms with E-state index in [0.717, 1.165) is 10.6 Å². The van der Waals surface area contributed by atoms with E-state index < -0.39 is 34.3 Å². The number of hydrogen-bond donors (Lipinski definition) is 1. The number of hydrogen-bond acceptors (Lipinski definition) is 6. The van der Waals surface area contributed by atoms with Gasteiger partial charge < -0.3 is 19.7 Å². The van der Waals surface area contributed by atoms with E-state index in [1.54, 1.807) is 19.9 Å². The maximum atomic E-state index is 13.5. The van der Waals surface area contributed by atoms with Crippen LogP contribution < -0.4 is 19.1 Å². The third-order valence-electron chi connectivity index (χ3n) is 5.33. The molecule has 1 aliphatic rings. The quantitative estimate of drug-likeness (QED) is 0.544. The highest BCUT2D eigenvalue weighted by Gasteiger charge is 2.32. The summed E-state index contributed by atoms with van der Waals surface area (Å²) in [6, 6.07) is 9.31. The molecule has 1 atom stereocenters. The summed E-state index contributed by atoms with van der Waals surface area (Å²) >= 11 is 0. The van der Waals surface area contributed by atoms with Gasteiger partial charge in [-0.15, -0.1) is 0 Å². The van der Waals surface area contributed by atoms with Gasteiger partial charge in [-0.3, -0.25) is 13.9 Å². The Labute approximate surface area is 198 Å². The topological polar surface area (TPSA) is 105 Å². The average Bonchev–Trinajstić information content (AvgIpc) is 3.26. The van der Waals surface area contributed by atoms with Gasteiger partial charge in [-0.2, -0.15) is 0 Å². The zero-order valence-corrected chi connectivity index (χ0v) is 20.1. The van der Waals surface area contributed by atoms with Gasteiger partial charge in [0.25, 0.3) is 0 Å². The van der Waals surface area contributed by atoms with E-state index in [9.17, 15) is 22.4 Å². The Kier molecular flexibility index (Phi) is 7.98. The summed E-state index contributed by atoms with van der Waals surface area (Å²) in [6.45, 7) is 3.40. The highest BCUT2D eigenvalue weighted by atomic mass is 32.2. The number of fused-ring (bicyclic) bond motifs is 1. The van der Waals surface area contributed by atoms with Gasteiger partial charge in [0.05, 0.1) is 11.9 Å². The molecule has 3 rings (SSSR count). The van der Waals surface area contributed by atoms with Gasteiger partial charge in [-0.25, -0.2) is 12.8 Å². The van der Waals surface area contributed by atoms with Gasteiger partial charge in [-0.1, -0.05) is 19.1 Å². The molecule has 11 heteroatoms. The number of carbonyl (C=O) groups is 2. The number of ether oxygens (including phenoxy) is 2. The van der Waals surface area contributed by atoms with Crippen molar-refractivity contribution in [3.05, 3.63) is 53.8 Å². The number of likely N-dealkylation sites (N-methyl/N-ethyl adjacent to an activating group) is 1. The van der Waals surface area contributed by atoms with Crippen molar-refractivity contribution in [2.45, 2.75) is 32.9 Å². The van der Waals surface area contributed by atoms with Gasteiger partial charge in [-0.05, 0) is 43.2 Å². The summed E-state index contributed by atoms with van der Waals surface area (Å²) in [7, 11) is -3.87. The van der Waals surface area contributed by atoms with Gasteiger partial charge in [0, 0.05) is 19.2 Å². The molecule has 0 radical (unpaired) electrons. The standard InChI is InChI=1S/C23H28FN3O6S/c1-4-19(23(29)25-5-2)26(13-16-6-8-17(24)9-7-16)22(28)14-27(34(3,30)31)18-10-11-20-21(12-18)33-15-32-20/h6-12,19H,4-5,13-15H2,1-3H3,(H,25,29). The lowest BCUT2D eigenvalue weighted by molar-refractivity contribution is -0.140. The third-order valence-corrected chi connectivity index (χ3v) is 6.47. The Hall–Kier alpha value is -3.34. The van der Waals surface area contributed by atoms with Gasteiger partial charge in [0.2, 0.25) is 28.6 Å². The van der Waals surface area contributed by atoms with Gasteiger partial charge in [0.1, 0.15) is 18.4 Å². The zero-order chi connectivity index (χ0) is 24.9. The van der Waals surface area contributed by atoms with Crippen LogP contribution in [-0.2, 0) is 26.2 Å². The van der Waals surface area contributed by atoms with Gasteiger partial charge >= 0.3 is 0 Å². The van der Waals surface area contributed by atoms with Crippen molar-refractivity contribution in [3.63, 3.8) is 0 Å². The number of amides is 2. The summed E-state index contributed by atoms with van der Waals surface area (Å²) in [5, 5.41) is 2.72. The fourth-order valence-corrected chi connectivity index (χ4v) is 4.49. The number of benzene rings is 2. The second-order valence-electron chi connectivity index (χ2n) is 7.77. The van der Waals surface area contributed by atoms with Crippen LogP contribution in [0.25, 0.3) is 0 Å². The Morgan fingerprint density at radius 3 is 2.38 bits per heavy atom. The van der Waals surface area contributed by atoms with Crippen molar-refractivity contribution < 1.29 is 31.9 Å². The molecule has 9 nitrogen and oxygen atoms in total. The van der Waals surface area contributed by atoms with Crippen molar-refractivity contribution in [2.75, 3.05) is 30.4 Å². The van der Waals surface area contributed by atoms with E-state index in [-0.39, 0.29) is 24.9 Å². The lowest BCUT2D eigenvalue weighted by Crippen LogP contribution is -2.52. The number of carbonyl (C=O) groups excluding carboxylic acids is 2.